The Morgan fingerprint density at radius 1 is 1.06 bits per heavy atom. The second-order valence-corrected chi connectivity index (χ2v) is 8.92. The molecule has 0 fully saturated rings. The summed E-state index contributed by atoms with van der Waals surface area (Å²) >= 11 is 5.86. The molecule has 2 aromatic carbocycles. The Kier molecular flexibility index (Phi) is 6.89. The first-order valence-corrected chi connectivity index (χ1v) is 11.3. The third kappa shape index (κ3) is 5.01. The van der Waals surface area contributed by atoms with Crippen molar-refractivity contribution >= 4 is 33.2 Å². The van der Waals surface area contributed by atoms with Crippen molar-refractivity contribution in [2.45, 2.75) is 18.7 Å². The van der Waals surface area contributed by atoms with Crippen molar-refractivity contribution in [3.05, 3.63) is 75.7 Å². The Morgan fingerprint density at radius 2 is 1.68 bits per heavy atom. The van der Waals surface area contributed by atoms with Crippen LogP contribution >= 0.6 is 11.6 Å². The lowest BCUT2D eigenvalue weighted by Gasteiger charge is -2.18. The number of halogens is 1. The molecule has 1 aromatic heterocycles. The van der Waals surface area contributed by atoms with Gasteiger partial charge in [-0.25, -0.2) is 13.4 Å². The maximum absolute atomic E-state index is 12.5. The first kappa shape index (κ1) is 22.7. The number of anilines is 1. The van der Waals surface area contributed by atoms with E-state index in [9.17, 15) is 18.0 Å². The van der Waals surface area contributed by atoms with Crippen LogP contribution in [-0.4, -0.2) is 41.7 Å². The molecule has 0 aliphatic rings. The molecule has 10 heteroatoms. The molecule has 31 heavy (non-hydrogen) atoms. The number of amides is 1. The van der Waals surface area contributed by atoms with Gasteiger partial charge in [-0.15, -0.1) is 0 Å². The average Bonchev–Trinajstić information content (AvgIpc) is 2.75. The Balaban J connectivity index is 1.77. The zero-order valence-corrected chi connectivity index (χ0v) is 18.5. The number of carbonyl (C=O) groups excluding carboxylic acids is 1. The van der Waals surface area contributed by atoms with Gasteiger partial charge in [-0.1, -0.05) is 25.4 Å². The van der Waals surface area contributed by atoms with Crippen LogP contribution in [0.1, 0.15) is 24.2 Å². The number of carbonyl (C=O) groups is 1. The van der Waals surface area contributed by atoms with Gasteiger partial charge in [0, 0.05) is 35.6 Å². The van der Waals surface area contributed by atoms with Gasteiger partial charge in [-0.05, 0) is 48.5 Å². The molecular formula is C21H21ClN4O4S. The SMILES string of the molecule is CCN(CC)S(=O)(=O)c1ccc(NC(=O)c2cnc(-c3ccc(Cl)cc3)[nH]c2=O)cc1. The van der Waals surface area contributed by atoms with E-state index in [1.54, 1.807) is 38.1 Å². The van der Waals surface area contributed by atoms with Crippen LogP contribution in [0.15, 0.2) is 64.4 Å². The molecule has 3 rings (SSSR count). The Labute approximate surface area is 185 Å². The number of aromatic nitrogens is 2. The summed E-state index contributed by atoms with van der Waals surface area (Å²) < 4.78 is 26.4. The number of benzene rings is 2. The van der Waals surface area contributed by atoms with Gasteiger partial charge < -0.3 is 10.3 Å². The summed E-state index contributed by atoms with van der Waals surface area (Å²) in [5.41, 5.74) is 0.235. The highest BCUT2D eigenvalue weighted by Crippen LogP contribution is 2.19. The molecule has 0 aliphatic carbocycles. The minimum Gasteiger partial charge on any atom is -0.322 e. The fourth-order valence-corrected chi connectivity index (χ4v) is 4.52. The largest absolute Gasteiger partial charge is 0.322 e. The predicted octanol–water partition coefficient (Wildman–Crippen LogP) is 3.37. The second kappa shape index (κ2) is 9.42. The van der Waals surface area contributed by atoms with Crippen molar-refractivity contribution < 1.29 is 13.2 Å². The Morgan fingerprint density at radius 3 is 2.23 bits per heavy atom. The van der Waals surface area contributed by atoms with Crippen LogP contribution in [0.2, 0.25) is 5.02 Å². The fraction of sp³-hybridized carbons (Fsp3) is 0.190. The van der Waals surface area contributed by atoms with Crippen LogP contribution in [0.4, 0.5) is 5.69 Å². The Hall–Kier alpha value is -3.01. The van der Waals surface area contributed by atoms with Gasteiger partial charge in [0.2, 0.25) is 10.0 Å². The van der Waals surface area contributed by atoms with E-state index >= 15 is 0 Å². The summed E-state index contributed by atoms with van der Waals surface area (Å²) in [6, 6.07) is 12.5. The highest BCUT2D eigenvalue weighted by atomic mass is 35.5. The lowest BCUT2D eigenvalue weighted by atomic mass is 10.2. The summed E-state index contributed by atoms with van der Waals surface area (Å²) in [6.07, 6.45) is 1.19. The van der Waals surface area contributed by atoms with Crippen LogP contribution in [0, 0.1) is 0 Å². The quantitative estimate of drug-likeness (QED) is 0.561. The topological polar surface area (TPSA) is 112 Å². The zero-order valence-electron chi connectivity index (χ0n) is 16.9. The zero-order chi connectivity index (χ0) is 22.6. The van der Waals surface area contributed by atoms with E-state index in [-0.39, 0.29) is 10.5 Å². The highest BCUT2D eigenvalue weighted by Gasteiger charge is 2.21. The lowest BCUT2D eigenvalue weighted by Crippen LogP contribution is -2.30. The van der Waals surface area contributed by atoms with E-state index in [2.05, 4.69) is 15.3 Å². The number of aromatic amines is 1. The highest BCUT2D eigenvalue weighted by molar-refractivity contribution is 7.89. The molecule has 0 atom stereocenters. The summed E-state index contributed by atoms with van der Waals surface area (Å²) in [7, 11) is -3.59. The maximum atomic E-state index is 12.5. The van der Waals surface area contributed by atoms with Crippen molar-refractivity contribution in [2.24, 2.45) is 0 Å². The number of rotatable bonds is 7. The minimum absolute atomic E-state index is 0.126. The van der Waals surface area contributed by atoms with E-state index < -0.39 is 21.5 Å². The number of sulfonamides is 1. The van der Waals surface area contributed by atoms with Gasteiger partial charge in [-0.2, -0.15) is 4.31 Å². The second-order valence-electron chi connectivity index (χ2n) is 6.55. The molecule has 0 spiro atoms. The third-order valence-corrected chi connectivity index (χ3v) is 6.93. The molecule has 2 N–H and O–H groups in total. The van der Waals surface area contributed by atoms with Gasteiger partial charge >= 0.3 is 0 Å². The first-order chi connectivity index (χ1) is 14.8. The molecule has 162 valence electrons. The molecule has 0 saturated carbocycles. The molecule has 3 aromatic rings. The molecule has 1 heterocycles. The van der Waals surface area contributed by atoms with Crippen molar-refractivity contribution in [1.82, 2.24) is 14.3 Å². The van der Waals surface area contributed by atoms with Gasteiger partial charge in [-0.3, -0.25) is 9.59 Å². The van der Waals surface area contributed by atoms with Gasteiger partial charge in [0.25, 0.3) is 11.5 Å². The standard InChI is InChI=1S/C21H21ClN4O4S/c1-3-26(4-2)31(29,30)17-11-9-16(10-12-17)24-20(27)18-13-23-19(25-21(18)28)14-5-7-15(22)8-6-14/h5-13H,3-4H2,1-2H3,(H,24,27)(H,23,25,28). The number of hydrogen-bond acceptors (Lipinski definition) is 5. The van der Waals surface area contributed by atoms with Crippen LogP contribution < -0.4 is 10.9 Å². The van der Waals surface area contributed by atoms with E-state index in [1.807, 2.05) is 0 Å². The molecule has 0 unspecified atom stereocenters. The number of nitrogens with zero attached hydrogens (tertiary/aromatic N) is 2. The van der Waals surface area contributed by atoms with E-state index in [0.717, 1.165) is 0 Å². The summed E-state index contributed by atoms with van der Waals surface area (Å²) in [4.78, 5) is 31.7. The van der Waals surface area contributed by atoms with Crippen LogP contribution in [0.25, 0.3) is 11.4 Å². The summed E-state index contributed by atoms with van der Waals surface area (Å²) in [6.45, 7) is 4.25. The van der Waals surface area contributed by atoms with Crippen molar-refractivity contribution in [3.63, 3.8) is 0 Å². The number of hydrogen-bond donors (Lipinski definition) is 2. The molecule has 0 aliphatic heterocycles. The normalized spacial score (nSPS) is 11.5. The average molecular weight is 461 g/mol. The van der Waals surface area contributed by atoms with Crippen LogP contribution in [-0.2, 0) is 10.0 Å². The van der Waals surface area contributed by atoms with Gasteiger partial charge in [0.1, 0.15) is 11.4 Å². The van der Waals surface area contributed by atoms with Crippen molar-refractivity contribution in [2.75, 3.05) is 18.4 Å². The van der Waals surface area contributed by atoms with Crippen molar-refractivity contribution in [3.8, 4) is 11.4 Å². The Bertz CT molecular complexity index is 1240. The number of H-pyrrole nitrogens is 1. The fourth-order valence-electron chi connectivity index (χ4n) is 2.93. The molecule has 1 amide bonds. The van der Waals surface area contributed by atoms with E-state index in [0.29, 0.717) is 35.2 Å². The molecule has 0 radical (unpaired) electrons. The predicted molar refractivity (Wildman–Crippen MR) is 120 cm³/mol. The molecular weight excluding hydrogens is 440 g/mol. The lowest BCUT2D eigenvalue weighted by molar-refractivity contribution is 0.102. The molecule has 8 nitrogen and oxygen atoms in total. The summed E-state index contributed by atoms with van der Waals surface area (Å²) in [5.74, 6) is -0.347. The first-order valence-electron chi connectivity index (χ1n) is 9.53. The number of nitrogens with one attached hydrogen (secondary N) is 2. The molecule has 0 bridgehead atoms. The third-order valence-electron chi connectivity index (χ3n) is 4.62. The smallest absolute Gasteiger partial charge is 0.264 e. The van der Waals surface area contributed by atoms with Crippen LogP contribution in [0.3, 0.4) is 0 Å². The van der Waals surface area contributed by atoms with Gasteiger partial charge in [0.05, 0.1) is 4.90 Å². The summed E-state index contributed by atoms with van der Waals surface area (Å²) in [5, 5.41) is 3.13. The maximum Gasteiger partial charge on any atom is 0.264 e. The molecule has 0 saturated heterocycles. The monoisotopic (exact) mass is 460 g/mol. The van der Waals surface area contributed by atoms with Crippen molar-refractivity contribution in [1.29, 1.82) is 0 Å². The van der Waals surface area contributed by atoms with E-state index in [1.165, 1.54) is 34.8 Å². The van der Waals surface area contributed by atoms with Crippen LogP contribution in [0.5, 0.6) is 0 Å². The minimum atomic E-state index is -3.59. The van der Waals surface area contributed by atoms with E-state index in [4.69, 9.17) is 11.6 Å². The van der Waals surface area contributed by atoms with Gasteiger partial charge in [0.15, 0.2) is 0 Å².